The van der Waals surface area contributed by atoms with Gasteiger partial charge in [-0.15, -0.1) is 0 Å². The van der Waals surface area contributed by atoms with Crippen molar-refractivity contribution in [1.82, 2.24) is 4.90 Å². The molecule has 0 aliphatic carbocycles. The van der Waals surface area contributed by atoms with E-state index in [0.717, 1.165) is 0 Å². The molecule has 0 saturated carbocycles. The second kappa shape index (κ2) is 9.76. The molecule has 2 rings (SSSR count). The molecule has 0 radical (unpaired) electrons. The summed E-state index contributed by atoms with van der Waals surface area (Å²) >= 11 is 12.3. The van der Waals surface area contributed by atoms with Crippen molar-refractivity contribution in [2.75, 3.05) is 32.5 Å². The highest BCUT2D eigenvalue weighted by atomic mass is 35.5. The second-order valence-corrected chi connectivity index (χ2v) is 9.51. The molecule has 1 amide bonds. The van der Waals surface area contributed by atoms with E-state index in [1.807, 2.05) is 13.8 Å². The van der Waals surface area contributed by atoms with Crippen LogP contribution in [0, 0.1) is 5.92 Å². The monoisotopic (exact) mass is 474 g/mol. The summed E-state index contributed by atoms with van der Waals surface area (Å²) in [6, 6.07) is 6.81. The zero-order chi connectivity index (χ0) is 22.6. The maximum absolute atomic E-state index is 13.0. The number of carbonyl (C=O) groups is 1. The van der Waals surface area contributed by atoms with Gasteiger partial charge in [0.1, 0.15) is 11.5 Å². The summed E-state index contributed by atoms with van der Waals surface area (Å²) in [5.74, 6) is 0.445. The number of hydrogen-bond donors (Lipinski definition) is 1. The van der Waals surface area contributed by atoms with E-state index in [2.05, 4.69) is 4.72 Å². The standard InChI is InChI=1S/C20H24Cl2N2O5S/c1-12(2)11-24(3)20(25)14-8-13(6-7-15(14)21)30(26,27)23-17-9-16(22)18(28-4)10-19(17)29-5/h6-10,12,23H,11H2,1-5H3. The minimum absolute atomic E-state index is 0.0995. The number of hydrogen-bond acceptors (Lipinski definition) is 5. The summed E-state index contributed by atoms with van der Waals surface area (Å²) in [5.41, 5.74) is 0.227. The molecular formula is C20H24Cl2N2O5S. The molecule has 0 aromatic heterocycles. The van der Waals surface area contributed by atoms with Crippen molar-refractivity contribution in [2.24, 2.45) is 5.92 Å². The maximum atomic E-state index is 13.0. The lowest BCUT2D eigenvalue weighted by atomic mass is 10.1. The van der Waals surface area contributed by atoms with Gasteiger partial charge in [-0.05, 0) is 30.2 Å². The number of benzene rings is 2. The van der Waals surface area contributed by atoms with Crippen LogP contribution in [0.1, 0.15) is 24.2 Å². The molecule has 0 heterocycles. The summed E-state index contributed by atoms with van der Waals surface area (Å²) in [6.45, 7) is 4.46. The number of amides is 1. The van der Waals surface area contributed by atoms with E-state index in [1.54, 1.807) is 7.05 Å². The zero-order valence-electron chi connectivity index (χ0n) is 17.3. The third kappa shape index (κ3) is 5.50. The Hall–Kier alpha value is -2.16. The first kappa shape index (κ1) is 24.1. The van der Waals surface area contributed by atoms with E-state index in [-0.39, 0.29) is 43.8 Å². The van der Waals surface area contributed by atoms with E-state index < -0.39 is 10.0 Å². The van der Waals surface area contributed by atoms with Crippen LogP contribution >= 0.6 is 23.2 Å². The van der Waals surface area contributed by atoms with Gasteiger partial charge in [0.25, 0.3) is 15.9 Å². The average molecular weight is 475 g/mol. The summed E-state index contributed by atoms with van der Waals surface area (Å²) in [4.78, 5) is 14.1. The Labute approximate surface area is 186 Å². The van der Waals surface area contributed by atoms with Gasteiger partial charge >= 0.3 is 0 Å². The molecule has 10 heteroatoms. The van der Waals surface area contributed by atoms with E-state index in [9.17, 15) is 13.2 Å². The van der Waals surface area contributed by atoms with Gasteiger partial charge in [-0.1, -0.05) is 37.0 Å². The summed E-state index contributed by atoms with van der Waals surface area (Å²) in [6.07, 6.45) is 0. The van der Waals surface area contributed by atoms with Gasteiger partial charge in [0.2, 0.25) is 0 Å². The zero-order valence-corrected chi connectivity index (χ0v) is 19.7. The highest BCUT2D eigenvalue weighted by Gasteiger charge is 2.23. The van der Waals surface area contributed by atoms with Crippen LogP contribution in [-0.4, -0.2) is 47.0 Å². The molecule has 30 heavy (non-hydrogen) atoms. The van der Waals surface area contributed by atoms with Crippen LogP contribution in [0.3, 0.4) is 0 Å². The second-order valence-electron chi connectivity index (χ2n) is 7.01. The van der Waals surface area contributed by atoms with Crippen LogP contribution in [0.5, 0.6) is 11.5 Å². The van der Waals surface area contributed by atoms with Crippen molar-refractivity contribution in [2.45, 2.75) is 18.7 Å². The van der Waals surface area contributed by atoms with Crippen molar-refractivity contribution < 1.29 is 22.7 Å². The van der Waals surface area contributed by atoms with Crippen molar-refractivity contribution in [3.05, 3.63) is 45.9 Å². The fourth-order valence-corrected chi connectivity index (χ4v) is 4.34. The first-order valence-corrected chi connectivity index (χ1v) is 11.2. The Balaban J connectivity index is 2.42. The Morgan fingerprint density at radius 2 is 1.70 bits per heavy atom. The van der Waals surface area contributed by atoms with E-state index in [4.69, 9.17) is 32.7 Å². The highest BCUT2D eigenvalue weighted by Crippen LogP contribution is 2.37. The normalized spacial score (nSPS) is 11.3. The van der Waals surface area contributed by atoms with Crippen LogP contribution in [-0.2, 0) is 10.0 Å². The minimum atomic E-state index is -4.06. The van der Waals surface area contributed by atoms with Crippen molar-refractivity contribution >= 4 is 44.8 Å². The number of carbonyl (C=O) groups excluding carboxylic acids is 1. The molecule has 0 aliphatic heterocycles. The Morgan fingerprint density at radius 3 is 2.27 bits per heavy atom. The molecule has 164 valence electrons. The molecule has 0 bridgehead atoms. The summed E-state index contributed by atoms with van der Waals surface area (Å²) in [5, 5.41) is 0.373. The Kier molecular flexibility index (Phi) is 7.85. The maximum Gasteiger partial charge on any atom is 0.262 e. The third-order valence-corrected chi connectivity index (χ3v) is 6.17. The number of sulfonamides is 1. The van der Waals surface area contributed by atoms with Crippen LogP contribution in [0.15, 0.2) is 35.2 Å². The van der Waals surface area contributed by atoms with Crippen molar-refractivity contribution in [3.8, 4) is 11.5 Å². The molecule has 2 aromatic carbocycles. The van der Waals surface area contributed by atoms with Gasteiger partial charge in [0.15, 0.2) is 0 Å². The predicted octanol–water partition coefficient (Wildman–Crippen LogP) is 4.54. The van der Waals surface area contributed by atoms with Crippen LogP contribution < -0.4 is 14.2 Å². The molecule has 0 saturated heterocycles. The number of nitrogens with zero attached hydrogens (tertiary/aromatic N) is 1. The first-order valence-electron chi connectivity index (χ1n) is 8.99. The highest BCUT2D eigenvalue weighted by molar-refractivity contribution is 7.92. The molecule has 1 N–H and O–H groups in total. The number of anilines is 1. The minimum Gasteiger partial charge on any atom is -0.495 e. The first-order chi connectivity index (χ1) is 14.0. The van der Waals surface area contributed by atoms with E-state index in [0.29, 0.717) is 12.3 Å². The van der Waals surface area contributed by atoms with Gasteiger partial charge in [0, 0.05) is 19.7 Å². The Bertz CT molecular complexity index is 1040. The quantitative estimate of drug-likeness (QED) is 0.606. The molecule has 7 nitrogen and oxygen atoms in total. The lowest BCUT2D eigenvalue weighted by Gasteiger charge is -2.20. The summed E-state index contributed by atoms with van der Waals surface area (Å²) < 4.78 is 38.7. The van der Waals surface area contributed by atoms with Crippen LogP contribution in [0.25, 0.3) is 0 Å². The fourth-order valence-electron chi connectivity index (χ4n) is 2.82. The number of ether oxygens (including phenoxy) is 2. The van der Waals surface area contributed by atoms with Gasteiger partial charge in [-0.25, -0.2) is 8.42 Å². The Morgan fingerprint density at radius 1 is 1.07 bits per heavy atom. The SMILES string of the molecule is COc1cc(OC)c(NS(=O)(=O)c2ccc(Cl)c(C(=O)N(C)CC(C)C)c2)cc1Cl. The van der Waals surface area contributed by atoms with Gasteiger partial charge in [-0.2, -0.15) is 0 Å². The molecule has 0 fully saturated rings. The van der Waals surface area contributed by atoms with Gasteiger partial charge < -0.3 is 14.4 Å². The lowest BCUT2D eigenvalue weighted by Crippen LogP contribution is -2.30. The summed E-state index contributed by atoms with van der Waals surface area (Å²) in [7, 11) is 0.409. The smallest absolute Gasteiger partial charge is 0.262 e. The number of methoxy groups -OCH3 is 2. The van der Waals surface area contributed by atoms with Crippen LogP contribution in [0.2, 0.25) is 10.0 Å². The molecule has 0 unspecified atom stereocenters. The van der Waals surface area contributed by atoms with E-state index in [1.165, 1.54) is 49.5 Å². The van der Waals surface area contributed by atoms with Gasteiger partial charge in [0.05, 0.1) is 40.4 Å². The number of halogens is 2. The largest absolute Gasteiger partial charge is 0.495 e. The number of rotatable bonds is 8. The fraction of sp³-hybridized carbons (Fsp3) is 0.350. The molecular weight excluding hydrogens is 451 g/mol. The van der Waals surface area contributed by atoms with Crippen LogP contribution in [0.4, 0.5) is 5.69 Å². The molecule has 0 spiro atoms. The van der Waals surface area contributed by atoms with E-state index >= 15 is 0 Å². The van der Waals surface area contributed by atoms with Gasteiger partial charge in [-0.3, -0.25) is 9.52 Å². The molecule has 0 aliphatic rings. The predicted molar refractivity (Wildman–Crippen MR) is 119 cm³/mol. The molecule has 2 aromatic rings. The number of nitrogens with one attached hydrogen (secondary N) is 1. The topological polar surface area (TPSA) is 84.9 Å². The average Bonchev–Trinajstić information content (AvgIpc) is 2.67. The molecule has 0 atom stereocenters. The lowest BCUT2D eigenvalue weighted by molar-refractivity contribution is 0.0779. The third-order valence-electron chi connectivity index (χ3n) is 4.18. The van der Waals surface area contributed by atoms with Crippen molar-refractivity contribution in [3.63, 3.8) is 0 Å². The van der Waals surface area contributed by atoms with Crippen molar-refractivity contribution in [1.29, 1.82) is 0 Å².